The molecule has 0 radical (unpaired) electrons. The molecule has 1 aromatic heterocycles. The van der Waals surface area contributed by atoms with Crippen LogP contribution in [0.25, 0.3) is 11.0 Å². The molecule has 0 aliphatic heterocycles. The molecule has 2 N–H and O–H groups in total. The van der Waals surface area contributed by atoms with E-state index in [9.17, 15) is 0 Å². The number of hydrogen-bond donors (Lipinski definition) is 1. The van der Waals surface area contributed by atoms with E-state index in [1.807, 2.05) is 18.2 Å². The number of rotatable bonds is 2. The van der Waals surface area contributed by atoms with Crippen LogP contribution in [0.4, 0.5) is 0 Å². The highest BCUT2D eigenvalue weighted by molar-refractivity contribution is 9.10. The fraction of sp³-hybridized carbons (Fsp3) is 0.222. The Morgan fingerprint density at radius 2 is 2.14 bits per heavy atom. The zero-order valence-electron chi connectivity index (χ0n) is 7.44. The highest BCUT2D eigenvalue weighted by atomic mass is 79.9. The molecule has 0 spiro atoms. The van der Waals surface area contributed by atoms with Crippen LogP contribution in [0, 0.1) is 0 Å². The second-order valence-electron chi connectivity index (χ2n) is 2.87. The number of nitrogens with zero attached hydrogens (tertiary/aromatic N) is 3. The zero-order valence-corrected chi connectivity index (χ0v) is 9.03. The summed E-state index contributed by atoms with van der Waals surface area (Å²) >= 11 is 3.42. The molecule has 1 heterocycles. The van der Waals surface area contributed by atoms with Crippen molar-refractivity contribution in [3.63, 3.8) is 0 Å². The lowest BCUT2D eigenvalue weighted by molar-refractivity contribution is 0.831. The highest BCUT2D eigenvalue weighted by Crippen LogP contribution is 2.19. The van der Waals surface area contributed by atoms with E-state index in [1.165, 1.54) is 0 Å². The number of fused-ring (bicyclic) bond motifs is 1. The van der Waals surface area contributed by atoms with Crippen LogP contribution in [0.15, 0.2) is 22.7 Å². The summed E-state index contributed by atoms with van der Waals surface area (Å²) in [6, 6.07) is 5.72. The van der Waals surface area contributed by atoms with E-state index in [0.717, 1.165) is 15.5 Å². The molecular formula is C9H9BrN4. The number of para-hydroxylation sites is 1. The van der Waals surface area contributed by atoms with Crippen molar-refractivity contribution in [3.05, 3.63) is 28.5 Å². The van der Waals surface area contributed by atoms with Crippen LogP contribution in [0.2, 0.25) is 0 Å². The van der Waals surface area contributed by atoms with Crippen molar-refractivity contribution in [1.82, 2.24) is 15.2 Å². The number of aromatic nitrogens is 3. The van der Waals surface area contributed by atoms with Crippen LogP contribution in [0.3, 0.4) is 0 Å². The Kier molecular flexibility index (Phi) is 2.69. The predicted molar refractivity (Wildman–Crippen MR) is 57.8 cm³/mol. The second kappa shape index (κ2) is 3.98. The molecular weight excluding hydrogens is 244 g/mol. The first-order valence-electron chi connectivity index (χ1n) is 4.29. The molecule has 0 saturated heterocycles. The van der Waals surface area contributed by atoms with Gasteiger partial charge in [-0.3, -0.25) is 0 Å². The van der Waals surface area contributed by atoms with E-state index in [-0.39, 0.29) is 0 Å². The van der Waals surface area contributed by atoms with Gasteiger partial charge < -0.3 is 5.73 Å². The summed E-state index contributed by atoms with van der Waals surface area (Å²) < 4.78 is 0.933. The molecule has 72 valence electrons. The van der Waals surface area contributed by atoms with Gasteiger partial charge in [0.2, 0.25) is 0 Å². The lowest BCUT2D eigenvalue weighted by Crippen LogP contribution is -2.07. The van der Waals surface area contributed by atoms with Crippen molar-refractivity contribution in [3.8, 4) is 0 Å². The maximum Gasteiger partial charge on any atom is 0.152 e. The Bertz CT molecular complexity index is 458. The number of benzene rings is 1. The summed E-state index contributed by atoms with van der Waals surface area (Å²) in [7, 11) is 0. The SMILES string of the molecule is NCCc1nnc2cccc(Br)c2n1. The van der Waals surface area contributed by atoms with E-state index in [1.54, 1.807) is 0 Å². The zero-order chi connectivity index (χ0) is 9.97. The molecule has 14 heavy (non-hydrogen) atoms. The minimum atomic E-state index is 0.539. The van der Waals surface area contributed by atoms with Crippen molar-refractivity contribution in [1.29, 1.82) is 0 Å². The van der Waals surface area contributed by atoms with Gasteiger partial charge in [-0.25, -0.2) is 4.98 Å². The number of halogens is 1. The second-order valence-corrected chi connectivity index (χ2v) is 3.73. The fourth-order valence-corrected chi connectivity index (χ4v) is 1.64. The Balaban J connectivity index is 2.58. The largest absolute Gasteiger partial charge is 0.330 e. The molecule has 0 aliphatic carbocycles. The number of nitrogens with two attached hydrogens (primary N) is 1. The third-order valence-corrected chi connectivity index (χ3v) is 2.49. The van der Waals surface area contributed by atoms with Gasteiger partial charge in [-0.2, -0.15) is 0 Å². The molecule has 1 aromatic carbocycles. The third kappa shape index (κ3) is 1.73. The van der Waals surface area contributed by atoms with Gasteiger partial charge in [-0.05, 0) is 34.6 Å². The van der Waals surface area contributed by atoms with E-state index in [0.29, 0.717) is 18.8 Å². The minimum absolute atomic E-state index is 0.539. The van der Waals surface area contributed by atoms with Gasteiger partial charge in [0.05, 0.1) is 0 Å². The molecule has 0 atom stereocenters. The van der Waals surface area contributed by atoms with Gasteiger partial charge in [0.25, 0.3) is 0 Å². The summed E-state index contributed by atoms with van der Waals surface area (Å²) in [5.41, 5.74) is 7.05. The van der Waals surface area contributed by atoms with Crippen molar-refractivity contribution in [2.75, 3.05) is 6.54 Å². The van der Waals surface area contributed by atoms with Crippen LogP contribution in [-0.4, -0.2) is 21.7 Å². The first-order valence-corrected chi connectivity index (χ1v) is 5.08. The summed E-state index contributed by atoms with van der Waals surface area (Å²) in [5, 5.41) is 8.04. The van der Waals surface area contributed by atoms with Crippen molar-refractivity contribution >= 4 is 27.0 Å². The van der Waals surface area contributed by atoms with Gasteiger partial charge >= 0.3 is 0 Å². The van der Waals surface area contributed by atoms with E-state index in [4.69, 9.17) is 5.73 Å². The molecule has 0 bridgehead atoms. The van der Waals surface area contributed by atoms with Crippen molar-refractivity contribution in [2.45, 2.75) is 6.42 Å². The predicted octanol–water partition coefficient (Wildman–Crippen LogP) is 1.29. The van der Waals surface area contributed by atoms with Gasteiger partial charge in [-0.15, -0.1) is 10.2 Å². The normalized spacial score (nSPS) is 10.7. The van der Waals surface area contributed by atoms with Gasteiger partial charge in [0.15, 0.2) is 5.82 Å². The standard InChI is InChI=1S/C9H9BrN4/c10-6-2-1-3-7-9(6)12-8(4-5-11)14-13-7/h1-3H,4-5,11H2. The Morgan fingerprint density at radius 1 is 1.29 bits per heavy atom. The lowest BCUT2D eigenvalue weighted by atomic mass is 10.3. The Hall–Kier alpha value is -1.07. The molecule has 0 amide bonds. The third-order valence-electron chi connectivity index (χ3n) is 1.85. The summed E-state index contributed by atoms with van der Waals surface area (Å²) in [6.07, 6.45) is 0.657. The van der Waals surface area contributed by atoms with Gasteiger partial charge in [-0.1, -0.05) is 6.07 Å². The summed E-state index contributed by atoms with van der Waals surface area (Å²) in [6.45, 7) is 0.539. The average Bonchev–Trinajstić information content (AvgIpc) is 2.20. The van der Waals surface area contributed by atoms with Crippen LogP contribution < -0.4 is 5.73 Å². The monoisotopic (exact) mass is 252 g/mol. The molecule has 0 fully saturated rings. The molecule has 4 nitrogen and oxygen atoms in total. The van der Waals surface area contributed by atoms with E-state index < -0.39 is 0 Å². The minimum Gasteiger partial charge on any atom is -0.330 e. The fourth-order valence-electron chi connectivity index (χ4n) is 1.19. The first kappa shape index (κ1) is 9.48. The van der Waals surface area contributed by atoms with Gasteiger partial charge in [0.1, 0.15) is 11.0 Å². The molecule has 5 heteroatoms. The summed E-state index contributed by atoms with van der Waals surface area (Å²) in [5.74, 6) is 0.687. The van der Waals surface area contributed by atoms with Crippen LogP contribution in [0.1, 0.15) is 5.82 Å². The van der Waals surface area contributed by atoms with Crippen LogP contribution in [-0.2, 0) is 6.42 Å². The maximum atomic E-state index is 5.42. The quantitative estimate of drug-likeness (QED) is 0.875. The van der Waals surface area contributed by atoms with Crippen molar-refractivity contribution < 1.29 is 0 Å². The molecule has 0 unspecified atom stereocenters. The number of hydrogen-bond acceptors (Lipinski definition) is 4. The Labute approximate surface area is 89.7 Å². The smallest absolute Gasteiger partial charge is 0.152 e. The summed E-state index contributed by atoms with van der Waals surface area (Å²) in [4.78, 5) is 4.36. The van der Waals surface area contributed by atoms with E-state index >= 15 is 0 Å². The molecule has 2 aromatic rings. The maximum absolute atomic E-state index is 5.42. The highest BCUT2D eigenvalue weighted by Gasteiger charge is 2.03. The average molecular weight is 253 g/mol. The topological polar surface area (TPSA) is 64.7 Å². The van der Waals surface area contributed by atoms with Crippen molar-refractivity contribution in [2.24, 2.45) is 5.73 Å². The molecule has 0 saturated carbocycles. The van der Waals surface area contributed by atoms with E-state index in [2.05, 4.69) is 31.1 Å². The molecule has 2 rings (SSSR count). The lowest BCUT2D eigenvalue weighted by Gasteiger charge is -2.00. The molecule has 0 aliphatic rings. The van der Waals surface area contributed by atoms with Crippen LogP contribution >= 0.6 is 15.9 Å². The van der Waals surface area contributed by atoms with Gasteiger partial charge in [0, 0.05) is 10.9 Å². The van der Waals surface area contributed by atoms with Crippen LogP contribution in [0.5, 0.6) is 0 Å². The Morgan fingerprint density at radius 3 is 2.93 bits per heavy atom. The first-order chi connectivity index (χ1) is 6.81.